The number of unbranched alkanes of at least 4 members (excludes halogenated alkanes) is 1. The van der Waals surface area contributed by atoms with Crippen molar-refractivity contribution in [2.24, 2.45) is 5.92 Å². The van der Waals surface area contributed by atoms with Crippen molar-refractivity contribution in [3.8, 4) is 0 Å². The zero-order valence-electron chi connectivity index (χ0n) is 14.8. The van der Waals surface area contributed by atoms with Gasteiger partial charge in [-0.05, 0) is 39.8 Å². The van der Waals surface area contributed by atoms with Gasteiger partial charge in [-0.25, -0.2) is 0 Å². The molecule has 1 aliphatic rings. The average Bonchev–Trinajstić information content (AvgIpc) is 2.50. The average molecular weight is 293 g/mol. The third-order valence-corrected chi connectivity index (χ3v) is 3.58. The summed E-state index contributed by atoms with van der Waals surface area (Å²) in [7, 11) is 1.98. The Labute approximate surface area is 132 Å². The number of rotatable bonds is 3. The molecule has 0 aliphatic heterocycles. The van der Waals surface area contributed by atoms with E-state index in [-0.39, 0.29) is 0 Å². The standard InChI is InChI=1S/C7H14.C6H8N2.C5H13N/c1-7-5-3-2-4-6-7;1-5-3-8-6(2)4-7-5;1-3-4-5-6-2/h7H,2-6H2,1H3;3-4H,1-2H3;6H,3-5H2,1-2H3. The Morgan fingerprint density at radius 1 is 1.05 bits per heavy atom. The molecule has 2 rings (SSSR count). The third kappa shape index (κ3) is 13.8. The SMILES string of the molecule is CC1CCCCC1.CCCCNC.Cc1cnc(C)cn1. The molecule has 1 N–H and O–H groups in total. The van der Waals surface area contributed by atoms with Crippen LogP contribution in [0.1, 0.15) is 70.2 Å². The topological polar surface area (TPSA) is 37.8 Å². The lowest BCUT2D eigenvalue weighted by atomic mass is 9.91. The summed E-state index contributed by atoms with van der Waals surface area (Å²) >= 11 is 0. The predicted molar refractivity (Wildman–Crippen MR) is 92.6 cm³/mol. The lowest BCUT2D eigenvalue weighted by Crippen LogP contribution is -2.06. The van der Waals surface area contributed by atoms with Gasteiger partial charge in [-0.3, -0.25) is 9.97 Å². The zero-order valence-corrected chi connectivity index (χ0v) is 14.8. The van der Waals surface area contributed by atoms with E-state index in [1.54, 1.807) is 12.4 Å². The molecule has 122 valence electrons. The van der Waals surface area contributed by atoms with E-state index in [1.165, 1.54) is 44.9 Å². The first-order chi connectivity index (χ1) is 10.1. The van der Waals surface area contributed by atoms with Gasteiger partial charge in [-0.15, -0.1) is 0 Å². The smallest absolute Gasteiger partial charge is 0.0555 e. The number of nitrogens with zero attached hydrogens (tertiary/aromatic N) is 2. The number of hydrogen-bond donors (Lipinski definition) is 1. The third-order valence-electron chi connectivity index (χ3n) is 3.58. The fraction of sp³-hybridized carbons (Fsp3) is 0.778. The summed E-state index contributed by atoms with van der Waals surface area (Å²) in [6.07, 6.45) is 13.6. The minimum absolute atomic E-state index is 0.968. The summed E-state index contributed by atoms with van der Waals surface area (Å²) in [5.41, 5.74) is 1.94. The van der Waals surface area contributed by atoms with Crippen LogP contribution in [0.4, 0.5) is 0 Å². The van der Waals surface area contributed by atoms with E-state index < -0.39 is 0 Å². The molecule has 0 bridgehead atoms. The molecule has 1 saturated carbocycles. The Balaban J connectivity index is 0.000000290. The summed E-state index contributed by atoms with van der Waals surface area (Å²) in [4.78, 5) is 8.03. The van der Waals surface area contributed by atoms with Crippen LogP contribution in [-0.4, -0.2) is 23.6 Å². The molecule has 1 aromatic heterocycles. The second-order valence-corrected chi connectivity index (χ2v) is 6.00. The highest BCUT2D eigenvalue weighted by molar-refractivity contribution is 4.97. The zero-order chi connectivity index (χ0) is 15.9. The van der Waals surface area contributed by atoms with Crippen LogP contribution in [0.5, 0.6) is 0 Å². The van der Waals surface area contributed by atoms with Crippen LogP contribution in [0.2, 0.25) is 0 Å². The first kappa shape index (κ1) is 20.0. The van der Waals surface area contributed by atoms with Crippen molar-refractivity contribution >= 4 is 0 Å². The molecule has 0 spiro atoms. The highest BCUT2D eigenvalue weighted by atomic mass is 14.8. The lowest BCUT2D eigenvalue weighted by molar-refractivity contribution is 0.385. The van der Waals surface area contributed by atoms with Crippen LogP contribution in [-0.2, 0) is 0 Å². The molecule has 0 saturated heterocycles. The molecule has 1 heterocycles. The Morgan fingerprint density at radius 2 is 1.57 bits per heavy atom. The van der Waals surface area contributed by atoms with Gasteiger partial charge in [0.25, 0.3) is 0 Å². The van der Waals surface area contributed by atoms with Crippen molar-refractivity contribution in [1.29, 1.82) is 0 Å². The monoisotopic (exact) mass is 293 g/mol. The predicted octanol–water partition coefficient (Wildman–Crippen LogP) is 4.69. The quantitative estimate of drug-likeness (QED) is 0.822. The van der Waals surface area contributed by atoms with Gasteiger partial charge in [0.1, 0.15) is 0 Å². The summed E-state index contributed by atoms with van der Waals surface area (Å²) in [5.74, 6) is 1.04. The maximum atomic E-state index is 4.02. The van der Waals surface area contributed by atoms with Crippen LogP contribution in [0.3, 0.4) is 0 Å². The Bertz CT molecular complexity index is 291. The van der Waals surface area contributed by atoms with E-state index in [4.69, 9.17) is 0 Å². The molecule has 3 heteroatoms. The second-order valence-electron chi connectivity index (χ2n) is 6.00. The van der Waals surface area contributed by atoms with Gasteiger partial charge in [0, 0.05) is 12.4 Å². The van der Waals surface area contributed by atoms with Gasteiger partial charge in [-0.1, -0.05) is 52.4 Å². The Kier molecular flexibility index (Phi) is 13.4. The van der Waals surface area contributed by atoms with Crippen LogP contribution >= 0.6 is 0 Å². The summed E-state index contributed by atoms with van der Waals surface area (Å²) in [6.45, 7) is 9.56. The van der Waals surface area contributed by atoms with E-state index in [2.05, 4.69) is 29.1 Å². The van der Waals surface area contributed by atoms with Gasteiger partial charge >= 0.3 is 0 Å². The minimum Gasteiger partial charge on any atom is -0.320 e. The van der Waals surface area contributed by atoms with Crippen molar-refractivity contribution in [3.63, 3.8) is 0 Å². The number of hydrogen-bond acceptors (Lipinski definition) is 3. The first-order valence-electron chi connectivity index (χ1n) is 8.50. The molecule has 1 aromatic rings. The maximum absolute atomic E-state index is 4.02. The van der Waals surface area contributed by atoms with Crippen LogP contribution in [0.25, 0.3) is 0 Å². The number of aryl methyl sites for hydroxylation is 2. The molecule has 0 unspecified atom stereocenters. The largest absolute Gasteiger partial charge is 0.320 e. The van der Waals surface area contributed by atoms with Gasteiger partial charge in [-0.2, -0.15) is 0 Å². The van der Waals surface area contributed by atoms with E-state index in [0.717, 1.165) is 23.9 Å². The van der Waals surface area contributed by atoms with Crippen LogP contribution < -0.4 is 5.32 Å². The molecular weight excluding hydrogens is 258 g/mol. The molecule has 3 nitrogen and oxygen atoms in total. The van der Waals surface area contributed by atoms with Crippen LogP contribution in [0.15, 0.2) is 12.4 Å². The highest BCUT2D eigenvalue weighted by Crippen LogP contribution is 2.22. The van der Waals surface area contributed by atoms with Crippen molar-refractivity contribution in [2.75, 3.05) is 13.6 Å². The van der Waals surface area contributed by atoms with Gasteiger partial charge in [0.05, 0.1) is 11.4 Å². The fourth-order valence-corrected chi connectivity index (χ4v) is 2.12. The molecule has 0 radical (unpaired) electrons. The van der Waals surface area contributed by atoms with Crippen LogP contribution in [0, 0.1) is 19.8 Å². The lowest BCUT2D eigenvalue weighted by Gasteiger charge is -2.15. The van der Waals surface area contributed by atoms with Gasteiger partial charge < -0.3 is 5.32 Å². The van der Waals surface area contributed by atoms with Crippen molar-refractivity contribution < 1.29 is 0 Å². The van der Waals surface area contributed by atoms with Crippen molar-refractivity contribution in [2.45, 2.75) is 72.6 Å². The highest BCUT2D eigenvalue weighted by Gasteiger charge is 2.05. The van der Waals surface area contributed by atoms with Gasteiger partial charge in [0.2, 0.25) is 0 Å². The molecule has 21 heavy (non-hydrogen) atoms. The molecule has 1 aliphatic carbocycles. The first-order valence-corrected chi connectivity index (χ1v) is 8.50. The fourth-order valence-electron chi connectivity index (χ4n) is 2.12. The molecule has 0 atom stereocenters. The van der Waals surface area contributed by atoms with Gasteiger partial charge in [0.15, 0.2) is 0 Å². The minimum atomic E-state index is 0.968. The van der Waals surface area contributed by atoms with E-state index in [9.17, 15) is 0 Å². The van der Waals surface area contributed by atoms with E-state index in [0.29, 0.717) is 0 Å². The summed E-state index contributed by atoms with van der Waals surface area (Å²) in [6, 6.07) is 0. The summed E-state index contributed by atoms with van der Waals surface area (Å²) < 4.78 is 0. The number of aromatic nitrogens is 2. The molecule has 0 aromatic carbocycles. The Hall–Kier alpha value is -0.960. The Morgan fingerprint density at radius 3 is 1.81 bits per heavy atom. The molecular formula is C18H35N3. The number of nitrogens with one attached hydrogen (secondary N) is 1. The van der Waals surface area contributed by atoms with Crippen molar-refractivity contribution in [1.82, 2.24) is 15.3 Å². The van der Waals surface area contributed by atoms with E-state index in [1.807, 2.05) is 20.9 Å². The summed E-state index contributed by atoms with van der Waals surface area (Å²) in [5, 5.41) is 3.07. The van der Waals surface area contributed by atoms with E-state index >= 15 is 0 Å². The second kappa shape index (κ2) is 14.0. The normalized spacial score (nSPS) is 14.5. The maximum Gasteiger partial charge on any atom is 0.0555 e. The molecule has 1 fully saturated rings. The van der Waals surface area contributed by atoms with Crippen molar-refractivity contribution in [3.05, 3.63) is 23.8 Å². The molecule has 0 amide bonds.